The molecule has 3 fully saturated rings. The minimum atomic E-state index is -1.37. The predicted octanol–water partition coefficient (Wildman–Crippen LogP) is 2.74. The van der Waals surface area contributed by atoms with E-state index in [-0.39, 0.29) is 35.4 Å². The lowest BCUT2D eigenvalue weighted by atomic mass is 9.45. The molecule has 7 unspecified atom stereocenters. The number of fused-ring (bicyclic) bond motifs is 5. The van der Waals surface area contributed by atoms with Crippen molar-refractivity contribution in [1.29, 1.82) is 0 Å². The zero-order valence-electron chi connectivity index (χ0n) is 18.3. The molecule has 0 aromatic heterocycles. The monoisotopic (exact) mass is 418 g/mol. The molecule has 2 N–H and O–H groups in total. The van der Waals surface area contributed by atoms with Gasteiger partial charge in [-0.1, -0.05) is 26.3 Å². The number of aliphatic hydroxyl groups excluding tert-OH is 2. The molecule has 4 aliphatic rings. The van der Waals surface area contributed by atoms with E-state index in [2.05, 4.69) is 6.92 Å². The number of carbonyl (C=O) groups is 3. The fourth-order valence-corrected chi connectivity index (χ4v) is 7.75. The summed E-state index contributed by atoms with van der Waals surface area (Å²) in [6, 6.07) is 0. The van der Waals surface area contributed by atoms with Gasteiger partial charge in [0, 0.05) is 18.3 Å². The van der Waals surface area contributed by atoms with Gasteiger partial charge in [0.1, 0.15) is 6.61 Å². The minimum absolute atomic E-state index is 0.0329. The van der Waals surface area contributed by atoms with E-state index in [0.29, 0.717) is 19.3 Å². The van der Waals surface area contributed by atoms with Crippen LogP contribution in [0.25, 0.3) is 0 Å². The van der Waals surface area contributed by atoms with Gasteiger partial charge >= 0.3 is 5.97 Å². The Hall–Kier alpha value is -1.53. The van der Waals surface area contributed by atoms with Crippen molar-refractivity contribution in [2.75, 3.05) is 6.61 Å². The number of ether oxygens (including phenoxy) is 1. The maximum atomic E-state index is 13.0. The average Bonchev–Trinajstić information content (AvgIpc) is 3.00. The minimum Gasteiger partial charge on any atom is -0.450 e. The van der Waals surface area contributed by atoms with E-state index >= 15 is 0 Å². The topological polar surface area (TPSA) is 101 Å². The maximum absolute atomic E-state index is 13.0. The van der Waals surface area contributed by atoms with Gasteiger partial charge in [-0.2, -0.15) is 0 Å². The summed E-state index contributed by atoms with van der Waals surface area (Å²) in [5.41, 5.74) is -1.12. The number of aliphatic hydroxyl groups is 2. The van der Waals surface area contributed by atoms with E-state index in [1.165, 1.54) is 0 Å². The number of allylic oxidation sites excluding steroid dienone is 1. The van der Waals surface area contributed by atoms with Crippen molar-refractivity contribution in [2.24, 2.45) is 28.6 Å². The van der Waals surface area contributed by atoms with Crippen LogP contribution in [0.1, 0.15) is 72.1 Å². The van der Waals surface area contributed by atoms with Crippen LogP contribution in [0.3, 0.4) is 0 Å². The number of rotatable bonds is 4. The molecule has 4 aliphatic carbocycles. The van der Waals surface area contributed by atoms with E-state index in [1.54, 1.807) is 13.0 Å². The van der Waals surface area contributed by atoms with Crippen molar-refractivity contribution < 1.29 is 29.3 Å². The fourth-order valence-electron chi connectivity index (χ4n) is 7.75. The van der Waals surface area contributed by atoms with Gasteiger partial charge in [0.05, 0.1) is 6.10 Å². The van der Waals surface area contributed by atoms with Crippen LogP contribution < -0.4 is 0 Å². The van der Waals surface area contributed by atoms with Crippen LogP contribution in [0.2, 0.25) is 0 Å². The van der Waals surface area contributed by atoms with Crippen LogP contribution in [0.5, 0.6) is 0 Å². The summed E-state index contributed by atoms with van der Waals surface area (Å²) in [5.74, 6) is -0.362. The molecule has 0 aliphatic heterocycles. The number of hydrogen-bond donors (Lipinski definition) is 2. The second-order valence-electron chi connectivity index (χ2n) is 10.4. The van der Waals surface area contributed by atoms with Crippen molar-refractivity contribution in [3.8, 4) is 0 Å². The zero-order valence-corrected chi connectivity index (χ0v) is 18.3. The van der Waals surface area contributed by atoms with Crippen LogP contribution in [0.4, 0.5) is 0 Å². The van der Waals surface area contributed by atoms with Crippen molar-refractivity contribution in [2.45, 2.75) is 83.8 Å². The Morgan fingerprint density at radius 2 is 1.93 bits per heavy atom. The molecule has 3 saturated carbocycles. The molecule has 7 atom stereocenters. The normalized spacial score (nSPS) is 45.1. The first-order valence-corrected chi connectivity index (χ1v) is 11.4. The van der Waals surface area contributed by atoms with Crippen LogP contribution >= 0.6 is 0 Å². The number of ketones is 2. The summed E-state index contributed by atoms with van der Waals surface area (Å²) in [7, 11) is 0. The standard InChI is InChI=1S/C24H34O6/c1-4-20(29)30-24(19(28)13-25)10-8-17-16-6-5-14-11-15(26)7-9-22(14,2)21(16)18(27)12-23(17,24)3/h11,16-18,21,25,27H,4-10,12-13H2,1-3H3. The Bertz CT molecular complexity index is 802. The molecule has 6 nitrogen and oxygen atoms in total. The lowest BCUT2D eigenvalue weighted by molar-refractivity contribution is -0.202. The SMILES string of the molecule is CCC(=O)OC1(C(=O)CO)CCC2C3CCC4=CC(=O)CCC4(C)C3C(O)CC21C. The average molecular weight is 419 g/mol. The van der Waals surface area contributed by atoms with Crippen molar-refractivity contribution in [1.82, 2.24) is 0 Å². The molecule has 0 saturated heterocycles. The summed E-state index contributed by atoms with van der Waals surface area (Å²) in [5, 5.41) is 21.2. The highest BCUT2D eigenvalue weighted by atomic mass is 16.6. The molecule has 0 bridgehead atoms. The summed E-state index contributed by atoms with van der Waals surface area (Å²) in [6.45, 7) is 5.18. The molecule has 4 rings (SSSR count). The van der Waals surface area contributed by atoms with Gasteiger partial charge in [-0.15, -0.1) is 0 Å². The molecule has 0 amide bonds. The van der Waals surface area contributed by atoms with E-state index in [0.717, 1.165) is 31.3 Å². The third-order valence-corrected chi connectivity index (χ3v) is 9.19. The highest BCUT2D eigenvalue weighted by molar-refractivity contribution is 5.92. The molecule has 6 heteroatoms. The maximum Gasteiger partial charge on any atom is 0.306 e. The Morgan fingerprint density at radius 3 is 2.60 bits per heavy atom. The molecule has 30 heavy (non-hydrogen) atoms. The van der Waals surface area contributed by atoms with Crippen LogP contribution in [-0.4, -0.2) is 46.1 Å². The van der Waals surface area contributed by atoms with Gasteiger partial charge in [0.15, 0.2) is 11.4 Å². The Kier molecular flexibility index (Phi) is 5.25. The molecular formula is C24H34O6. The largest absolute Gasteiger partial charge is 0.450 e. The van der Waals surface area contributed by atoms with Gasteiger partial charge in [0.25, 0.3) is 0 Å². The van der Waals surface area contributed by atoms with Gasteiger partial charge in [-0.3, -0.25) is 14.4 Å². The molecule has 0 aromatic rings. The number of esters is 1. The molecule has 0 heterocycles. The third kappa shape index (κ3) is 2.79. The zero-order chi connectivity index (χ0) is 21.9. The van der Waals surface area contributed by atoms with Gasteiger partial charge < -0.3 is 14.9 Å². The van der Waals surface area contributed by atoms with Gasteiger partial charge in [-0.05, 0) is 67.8 Å². The van der Waals surface area contributed by atoms with E-state index in [1.807, 2.05) is 6.92 Å². The lowest BCUT2D eigenvalue weighted by Gasteiger charge is -2.60. The molecule has 0 spiro atoms. The van der Waals surface area contributed by atoms with E-state index < -0.39 is 35.5 Å². The van der Waals surface area contributed by atoms with Crippen molar-refractivity contribution in [3.63, 3.8) is 0 Å². The van der Waals surface area contributed by atoms with Crippen LogP contribution in [0.15, 0.2) is 11.6 Å². The van der Waals surface area contributed by atoms with E-state index in [4.69, 9.17) is 4.74 Å². The van der Waals surface area contributed by atoms with Crippen molar-refractivity contribution >= 4 is 17.5 Å². The highest BCUT2D eigenvalue weighted by Gasteiger charge is 2.70. The Morgan fingerprint density at radius 1 is 1.20 bits per heavy atom. The quantitative estimate of drug-likeness (QED) is 0.681. The smallest absolute Gasteiger partial charge is 0.306 e. The lowest BCUT2D eigenvalue weighted by Crippen LogP contribution is -2.63. The second kappa shape index (κ2) is 7.27. The first kappa shape index (κ1) is 21.7. The van der Waals surface area contributed by atoms with Crippen LogP contribution in [0, 0.1) is 28.6 Å². The first-order valence-electron chi connectivity index (χ1n) is 11.4. The predicted molar refractivity (Wildman–Crippen MR) is 109 cm³/mol. The molecule has 166 valence electrons. The number of hydrogen-bond acceptors (Lipinski definition) is 6. The van der Waals surface area contributed by atoms with Gasteiger partial charge in [-0.25, -0.2) is 0 Å². The highest BCUT2D eigenvalue weighted by Crippen LogP contribution is 2.68. The van der Waals surface area contributed by atoms with Crippen LogP contribution in [-0.2, 0) is 19.1 Å². The number of carbonyl (C=O) groups excluding carboxylic acids is 3. The molecular weight excluding hydrogens is 384 g/mol. The fraction of sp³-hybridized carbons (Fsp3) is 0.792. The van der Waals surface area contributed by atoms with E-state index in [9.17, 15) is 24.6 Å². The molecule has 0 aromatic carbocycles. The summed E-state index contributed by atoms with van der Waals surface area (Å²) in [4.78, 5) is 37.3. The summed E-state index contributed by atoms with van der Waals surface area (Å²) in [6.07, 6.45) is 5.77. The summed E-state index contributed by atoms with van der Waals surface area (Å²) < 4.78 is 5.83. The Labute approximate surface area is 178 Å². The second-order valence-corrected chi connectivity index (χ2v) is 10.4. The first-order chi connectivity index (χ1) is 14.1. The third-order valence-electron chi connectivity index (χ3n) is 9.19. The Balaban J connectivity index is 1.75. The van der Waals surface area contributed by atoms with Crippen molar-refractivity contribution in [3.05, 3.63) is 11.6 Å². The number of Topliss-reactive ketones (excluding diaryl/α,β-unsaturated/α-hetero) is 1. The van der Waals surface area contributed by atoms with Gasteiger partial charge in [0.2, 0.25) is 5.78 Å². The summed E-state index contributed by atoms with van der Waals surface area (Å²) >= 11 is 0. The molecule has 0 radical (unpaired) electrons.